The number of ether oxygens (including phenoxy) is 1. The summed E-state index contributed by atoms with van der Waals surface area (Å²) in [6, 6.07) is 24.3. The average Bonchev–Trinajstić information content (AvgIpc) is 2.86. The van der Waals surface area contributed by atoms with Crippen LogP contribution < -0.4 is 10.7 Å². The van der Waals surface area contributed by atoms with Crippen molar-refractivity contribution in [2.45, 2.75) is 25.8 Å². The highest BCUT2D eigenvalue weighted by Gasteiger charge is 2.15. The number of pyridine rings is 1. The summed E-state index contributed by atoms with van der Waals surface area (Å²) in [5.41, 5.74) is 2.39. The smallest absolute Gasteiger partial charge is 0.326 e. The number of rotatable bonds is 8. The first-order chi connectivity index (χ1) is 16.1. The van der Waals surface area contributed by atoms with Gasteiger partial charge in [-0.3, -0.25) is 14.4 Å². The highest BCUT2D eigenvalue weighted by atomic mass is 16.5. The molecule has 0 saturated heterocycles. The van der Waals surface area contributed by atoms with Crippen LogP contribution in [0.2, 0.25) is 0 Å². The number of benzene rings is 3. The van der Waals surface area contributed by atoms with Crippen LogP contribution in [0.4, 0.5) is 0 Å². The molecule has 6 nitrogen and oxygen atoms in total. The van der Waals surface area contributed by atoms with Gasteiger partial charge in [0.25, 0.3) is 5.91 Å². The zero-order chi connectivity index (χ0) is 23.2. The SMILES string of the molecule is CCC(CNC(=O)COC(=O)Cn1c2ccccc2c(=O)c2ccccc21)c1ccccc1. The molecule has 1 amide bonds. The molecule has 1 unspecified atom stereocenters. The van der Waals surface area contributed by atoms with E-state index in [9.17, 15) is 14.4 Å². The van der Waals surface area contributed by atoms with E-state index in [0.29, 0.717) is 28.4 Å². The van der Waals surface area contributed by atoms with Crippen LogP contribution in [0, 0.1) is 0 Å². The summed E-state index contributed by atoms with van der Waals surface area (Å²) in [5.74, 6) is -0.684. The predicted octanol–water partition coefficient (Wildman–Crippen LogP) is 4.01. The molecule has 1 aromatic heterocycles. The van der Waals surface area contributed by atoms with E-state index in [1.54, 1.807) is 41.0 Å². The van der Waals surface area contributed by atoms with E-state index in [4.69, 9.17) is 4.74 Å². The van der Waals surface area contributed by atoms with Crippen molar-refractivity contribution in [3.63, 3.8) is 0 Å². The fourth-order valence-electron chi connectivity index (χ4n) is 4.08. The van der Waals surface area contributed by atoms with Gasteiger partial charge in [-0.15, -0.1) is 0 Å². The molecule has 0 spiro atoms. The Kier molecular flexibility index (Phi) is 6.83. The summed E-state index contributed by atoms with van der Waals surface area (Å²) in [4.78, 5) is 37.7. The van der Waals surface area contributed by atoms with Gasteiger partial charge >= 0.3 is 5.97 Å². The van der Waals surface area contributed by atoms with Crippen LogP contribution in [-0.2, 0) is 20.9 Å². The summed E-state index contributed by atoms with van der Waals surface area (Å²) >= 11 is 0. The summed E-state index contributed by atoms with van der Waals surface area (Å²) in [6.45, 7) is 2.10. The summed E-state index contributed by atoms with van der Waals surface area (Å²) in [6.07, 6.45) is 0.885. The van der Waals surface area contributed by atoms with Crippen molar-refractivity contribution in [3.8, 4) is 0 Å². The molecule has 0 fully saturated rings. The molecule has 3 aromatic carbocycles. The van der Waals surface area contributed by atoms with Crippen LogP contribution in [-0.4, -0.2) is 29.6 Å². The maximum atomic E-state index is 12.8. The lowest BCUT2D eigenvalue weighted by molar-refractivity contribution is -0.149. The summed E-state index contributed by atoms with van der Waals surface area (Å²) in [5, 5.41) is 3.92. The van der Waals surface area contributed by atoms with Crippen LogP contribution in [0.3, 0.4) is 0 Å². The monoisotopic (exact) mass is 442 g/mol. The van der Waals surface area contributed by atoms with Crippen LogP contribution in [0.25, 0.3) is 21.8 Å². The van der Waals surface area contributed by atoms with Gasteiger partial charge in [0.1, 0.15) is 6.54 Å². The highest BCUT2D eigenvalue weighted by Crippen LogP contribution is 2.19. The number of fused-ring (bicyclic) bond motifs is 2. The van der Waals surface area contributed by atoms with Gasteiger partial charge in [0.2, 0.25) is 0 Å². The second kappa shape index (κ2) is 10.1. The number of hydrogen-bond acceptors (Lipinski definition) is 4. The van der Waals surface area contributed by atoms with Crippen LogP contribution >= 0.6 is 0 Å². The minimum Gasteiger partial charge on any atom is -0.454 e. The van der Waals surface area contributed by atoms with E-state index >= 15 is 0 Å². The van der Waals surface area contributed by atoms with Crippen molar-refractivity contribution in [1.29, 1.82) is 0 Å². The molecule has 0 saturated carbocycles. The molecule has 168 valence electrons. The average molecular weight is 443 g/mol. The minimum absolute atomic E-state index is 0.0749. The molecule has 0 aliphatic rings. The number of carbonyl (C=O) groups excluding carboxylic acids is 2. The molecule has 0 radical (unpaired) electrons. The molecule has 0 aliphatic carbocycles. The highest BCUT2D eigenvalue weighted by molar-refractivity contribution is 5.94. The normalized spacial score (nSPS) is 11.9. The van der Waals surface area contributed by atoms with Gasteiger partial charge in [0.05, 0.1) is 11.0 Å². The zero-order valence-corrected chi connectivity index (χ0v) is 18.5. The van der Waals surface area contributed by atoms with E-state index in [2.05, 4.69) is 12.2 Å². The number of esters is 1. The van der Waals surface area contributed by atoms with Gasteiger partial charge in [-0.1, -0.05) is 61.5 Å². The summed E-state index contributed by atoms with van der Waals surface area (Å²) in [7, 11) is 0. The molecule has 1 atom stereocenters. The number of carbonyl (C=O) groups is 2. The van der Waals surface area contributed by atoms with Crippen LogP contribution in [0.15, 0.2) is 83.7 Å². The largest absolute Gasteiger partial charge is 0.454 e. The number of nitrogens with one attached hydrogen (secondary N) is 1. The second-order valence-corrected chi connectivity index (χ2v) is 7.93. The number of aromatic nitrogens is 1. The molecule has 0 aliphatic heterocycles. The van der Waals surface area contributed by atoms with Crippen molar-refractivity contribution < 1.29 is 14.3 Å². The molecule has 6 heteroatoms. The Bertz CT molecular complexity index is 1280. The standard InChI is InChI=1S/C27H26N2O4/c1-2-19(20-10-4-3-5-11-20)16-28-25(30)18-33-26(31)17-29-23-14-8-6-12-21(23)27(32)22-13-7-9-15-24(22)29/h3-15,19H,2,16-18H2,1H3,(H,28,30). The molecular formula is C27H26N2O4. The topological polar surface area (TPSA) is 77.4 Å². The molecule has 0 bridgehead atoms. The minimum atomic E-state index is -0.542. The molecule has 1 heterocycles. The Balaban J connectivity index is 1.42. The van der Waals surface area contributed by atoms with Gasteiger partial charge in [-0.05, 0) is 36.2 Å². The van der Waals surface area contributed by atoms with Crippen LogP contribution in [0.5, 0.6) is 0 Å². The number of hydrogen-bond donors (Lipinski definition) is 1. The van der Waals surface area contributed by atoms with E-state index in [1.807, 2.05) is 42.5 Å². The quantitative estimate of drug-likeness (QED) is 0.330. The molecule has 4 aromatic rings. The Hall–Kier alpha value is -3.93. The first-order valence-electron chi connectivity index (χ1n) is 11.1. The van der Waals surface area contributed by atoms with E-state index in [1.165, 1.54) is 0 Å². The Morgan fingerprint density at radius 3 is 2.06 bits per heavy atom. The van der Waals surface area contributed by atoms with Crippen molar-refractivity contribution in [1.82, 2.24) is 9.88 Å². The third kappa shape index (κ3) is 4.95. The van der Waals surface area contributed by atoms with Crippen LogP contribution in [0.1, 0.15) is 24.8 Å². The van der Waals surface area contributed by atoms with Gasteiger partial charge in [-0.25, -0.2) is 0 Å². The fraction of sp³-hybridized carbons (Fsp3) is 0.222. The number of para-hydroxylation sites is 2. The zero-order valence-electron chi connectivity index (χ0n) is 18.5. The number of nitrogens with zero attached hydrogens (tertiary/aromatic N) is 1. The predicted molar refractivity (Wildman–Crippen MR) is 129 cm³/mol. The molecular weight excluding hydrogens is 416 g/mol. The maximum Gasteiger partial charge on any atom is 0.326 e. The summed E-state index contributed by atoms with van der Waals surface area (Å²) < 4.78 is 7.02. The van der Waals surface area contributed by atoms with Gasteiger partial charge in [0, 0.05) is 23.2 Å². The van der Waals surface area contributed by atoms with Gasteiger partial charge in [-0.2, -0.15) is 0 Å². The van der Waals surface area contributed by atoms with Gasteiger partial charge in [0.15, 0.2) is 12.0 Å². The van der Waals surface area contributed by atoms with E-state index in [0.717, 1.165) is 12.0 Å². The number of amides is 1. The van der Waals surface area contributed by atoms with E-state index in [-0.39, 0.29) is 30.4 Å². The van der Waals surface area contributed by atoms with Crippen molar-refractivity contribution in [2.24, 2.45) is 0 Å². The Morgan fingerprint density at radius 1 is 0.879 bits per heavy atom. The van der Waals surface area contributed by atoms with Crippen molar-refractivity contribution in [2.75, 3.05) is 13.2 Å². The Labute approximate surface area is 191 Å². The lowest BCUT2D eigenvalue weighted by Gasteiger charge is -2.17. The molecule has 33 heavy (non-hydrogen) atoms. The fourth-order valence-corrected chi connectivity index (χ4v) is 4.08. The third-order valence-electron chi connectivity index (χ3n) is 5.84. The first kappa shape index (κ1) is 22.3. The first-order valence-corrected chi connectivity index (χ1v) is 11.1. The second-order valence-electron chi connectivity index (χ2n) is 7.93. The van der Waals surface area contributed by atoms with Gasteiger partial charge < -0.3 is 14.6 Å². The lowest BCUT2D eigenvalue weighted by Crippen LogP contribution is -2.32. The van der Waals surface area contributed by atoms with Crippen molar-refractivity contribution >= 4 is 33.7 Å². The molecule has 4 rings (SSSR count). The van der Waals surface area contributed by atoms with Crippen molar-refractivity contribution in [3.05, 3.63) is 94.6 Å². The Morgan fingerprint density at radius 2 is 1.45 bits per heavy atom. The molecule has 1 N–H and O–H groups in total. The third-order valence-corrected chi connectivity index (χ3v) is 5.84. The van der Waals surface area contributed by atoms with E-state index < -0.39 is 5.97 Å². The maximum absolute atomic E-state index is 12.8. The lowest BCUT2D eigenvalue weighted by atomic mass is 9.96.